The molecule has 6 nitrogen and oxygen atoms in total. The fourth-order valence-electron chi connectivity index (χ4n) is 5.04. The van der Waals surface area contributed by atoms with E-state index in [0.29, 0.717) is 30.7 Å². The van der Waals surface area contributed by atoms with Crippen molar-refractivity contribution in [3.63, 3.8) is 0 Å². The molecule has 2 aromatic heterocycles. The maximum absolute atomic E-state index is 13.5. The Kier molecular flexibility index (Phi) is 4.17. The minimum atomic E-state index is -0.887. The smallest absolute Gasteiger partial charge is 0.188 e. The highest BCUT2D eigenvalue weighted by Crippen LogP contribution is 2.58. The van der Waals surface area contributed by atoms with Gasteiger partial charge in [-0.15, -0.1) is 0 Å². The first-order valence-electron chi connectivity index (χ1n) is 8.96. The third kappa shape index (κ3) is 2.48. The van der Waals surface area contributed by atoms with Crippen LogP contribution in [0.5, 0.6) is 0 Å². The van der Waals surface area contributed by atoms with Crippen molar-refractivity contribution in [2.75, 3.05) is 0 Å². The van der Waals surface area contributed by atoms with Crippen LogP contribution in [0.3, 0.4) is 0 Å². The van der Waals surface area contributed by atoms with E-state index in [-0.39, 0.29) is 29.6 Å². The van der Waals surface area contributed by atoms with Gasteiger partial charge in [-0.2, -0.15) is 0 Å². The molecule has 2 heterocycles. The second-order valence-corrected chi connectivity index (χ2v) is 7.44. The first-order chi connectivity index (χ1) is 12.5. The molecular weight excluding hydrogens is 328 g/mol. The van der Waals surface area contributed by atoms with Crippen LogP contribution in [-0.4, -0.2) is 33.6 Å². The maximum atomic E-state index is 13.5. The zero-order valence-electron chi connectivity index (χ0n) is 14.4. The lowest BCUT2D eigenvalue weighted by atomic mass is 9.67. The van der Waals surface area contributed by atoms with Crippen LogP contribution in [0.1, 0.15) is 40.2 Å². The summed E-state index contributed by atoms with van der Waals surface area (Å²) in [7, 11) is 0. The number of hydrogen-bond donors (Lipinski definition) is 2. The number of nitrogens with two attached hydrogens (primary N) is 2. The fourth-order valence-corrected chi connectivity index (χ4v) is 5.04. The van der Waals surface area contributed by atoms with Crippen molar-refractivity contribution in [3.05, 3.63) is 60.2 Å². The Morgan fingerprint density at radius 1 is 0.962 bits per heavy atom. The highest BCUT2D eigenvalue weighted by Gasteiger charge is 2.64. The second kappa shape index (κ2) is 6.37. The third-order valence-electron chi connectivity index (χ3n) is 5.98. The molecule has 2 saturated carbocycles. The summed E-state index contributed by atoms with van der Waals surface area (Å²) in [5.74, 6) is -0.901. The lowest BCUT2D eigenvalue weighted by Gasteiger charge is -2.34. The molecule has 2 aliphatic carbocycles. The molecule has 2 aliphatic rings. The maximum Gasteiger partial charge on any atom is 0.188 e. The minimum absolute atomic E-state index is 0.000307. The molecule has 0 radical (unpaired) electrons. The Hall–Kier alpha value is -2.44. The highest BCUT2D eigenvalue weighted by molar-refractivity contribution is 6.07. The molecule has 2 aromatic rings. The number of carbonyl (C=O) groups is 2. The zero-order valence-corrected chi connectivity index (χ0v) is 14.4. The Morgan fingerprint density at radius 3 is 2.23 bits per heavy atom. The van der Waals surface area contributed by atoms with Crippen LogP contribution < -0.4 is 11.5 Å². The fraction of sp³-hybridized carbons (Fsp3) is 0.400. The Morgan fingerprint density at radius 2 is 1.62 bits per heavy atom. The Balaban J connectivity index is 1.81. The van der Waals surface area contributed by atoms with Crippen molar-refractivity contribution in [1.82, 2.24) is 9.97 Å². The Labute approximate surface area is 152 Å². The third-order valence-corrected chi connectivity index (χ3v) is 5.98. The molecule has 134 valence electrons. The molecule has 0 bridgehead atoms. The number of nitrogens with zero attached hydrogens (tertiary/aromatic N) is 2. The summed E-state index contributed by atoms with van der Waals surface area (Å²) in [6.45, 7) is 0. The summed E-state index contributed by atoms with van der Waals surface area (Å²) >= 11 is 0. The van der Waals surface area contributed by atoms with Crippen molar-refractivity contribution in [2.45, 2.75) is 31.3 Å². The van der Waals surface area contributed by atoms with Gasteiger partial charge in [0, 0.05) is 24.5 Å². The van der Waals surface area contributed by atoms with Crippen LogP contribution in [0.4, 0.5) is 0 Å². The number of ketones is 2. The average molecular weight is 350 g/mol. The van der Waals surface area contributed by atoms with Gasteiger partial charge in [-0.1, -0.05) is 12.1 Å². The van der Waals surface area contributed by atoms with Gasteiger partial charge in [-0.3, -0.25) is 19.6 Å². The number of fused-ring (bicyclic) bond motifs is 1. The van der Waals surface area contributed by atoms with Gasteiger partial charge in [-0.05, 0) is 49.4 Å². The van der Waals surface area contributed by atoms with E-state index >= 15 is 0 Å². The van der Waals surface area contributed by atoms with Crippen molar-refractivity contribution in [2.24, 2.45) is 28.7 Å². The molecule has 0 saturated heterocycles. The number of Topliss-reactive ketones (excluding diaryl/α,β-unsaturated/α-hetero) is 2. The topological polar surface area (TPSA) is 112 Å². The van der Waals surface area contributed by atoms with Gasteiger partial charge < -0.3 is 11.5 Å². The van der Waals surface area contributed by atoms with Gasteiger partial charge in [0.2, 0.25) is 0 Å². The number of rotatable bonds is 4. The summed E-state index contributed by atoms with van der Waals surface area (Å²) in [6, 6.07) is 9.96. The number of hydrogen-bond acceptors (Lipinski definition) is 6. The number of carbonyl (C=O) groups excluding carboxylic acids is 2. The van der Waals surface area contributed by atoms with Crippen LogP contribution in [0, 0.1) is 17.3 Å². The average Bonchev–Trinajstić information content (AvgIpc) is 3.12. The molecular formula is C20H22N4O2. The second-order valence-electron chi connectivity index (χ2n) is 7.44. The Bertz CT molecular complexity index is 826. The van der Waals surface area contributed by atoms with Crippen LogP contribution >= 0.6 is 0 Å². The van der Waals surface area contributed by atoms with E-state index in [4.69, 9.17) is 11.5 Å². The van der Waals surface area contributed by atoms with E-state index in [2.05, 4.69) is 9.97 Å². The van der Waals surface area contributed by atoms with Crippen molar-refractivity contribution in [3.8, 4) is 0 Å². The highest BCUT2D eigenvalue weighted by atomic mass is 16.1. The molecule has 5 atom stereocenters. The molecule has 0 spiro atoms. The lowest BCUT2D eigenvalue weighted by Crippen LogP contribution is -2.47. The van der Waals surface area contributed by atoms with E-state index in [9.17, 15) is 9.59 Å². The van der Waals surface area contributed by atoms with E-state index in [1.54, 1.807) is 48.8 Å². The standard InChI is InChI=1S/C20H22N4O2/c21-13-9-12-10-14(22)17(18(25)15-5-1-3-7-23-15)20(12,11-13)19(26)16-6-2-4-8-24-16/h1-8,12-14,17H,9-11,21-22H2. The molecule has 0 amide bonds. The van der Waals surface area contributed by atoms with Gasteiger partial charge >= 0.3 is 0 Å². The van der Waals surface area contributed by atoms with Gasteiger partial charge in [0.1, 0.15) is 11.4 Å². The molecule has 0 aromatic carbocycles. The van der Waals surface area contributed by atoms with E-state index in [0.717, 1.165) is 0 Å². The summed E-state index contributed by atoms with van der Waals surface area (Å²) in [6.07, 6.45) is 4.97. The van der Waals surface area contributed by atoms with Crippen LogP contribution in [0.2, 0.25) is 0 Å². The van der Waals surface area contributed by atoms with Gasteiger partial charge in [0.25, 0.3) is 0 Å². The monoisotopic (exact) mass is 350 g/mol. The van der Waals surface area contributed by atoms with E-state index < -0.39 is 11.3 Å². The number of pyridine rings is 2. The van der Waals surface area contributed by atoms with Crippen molar-refractivity contribution >= 4 is 11.6 Å². The summed E-state index contributed by atoms with van der Waals surface area (Å²) in [4.78, 5) is 35.3. The summed E-state index contributed by atoms with van der Waals surface area (Å²) in [5.41, 5.74) is 12.5. The van der Waals surface area contributed by atoms with Gasteiger partial charge in [0.05, 0.1) is 11.3 Å². The van der Waals surface area contributed by atoms with Crippen LogP contribution in [0.15, 0.2) is 48.8 Å². The molecule has 5 unspecified atom stereocenters. The lowest BCUT2D eigenvalue weighted by molar-refractivity contribution is 0.0568. The van der Waals surface area contributed by atoms with Crippen molar-refractivity contribution < 1.29 is 9.59 Å². The largest absolute Gasteiger partial charge is 0.328 e. The van der Waals surface area contributed by atoms with E-state index in [1.807, 2.05) is 0 Å². The van der Waals surface area contributed by atoms with E-state index in [1.165, 1.54) is 0 Å². The molecule has 26 heavy (non-hydrogen) atoms. The SMILES string of the molecule is NC1CC2CC(N)C(C(=O)c3ccccn3)C2(C(=O)c2ccccn2)C1. The summed E-state index contributed by atoms with van der Waals surface area (Å²) < 4.78 is 0. The molecule has 6 heteroatoms. The molecule has 4 N–H and O–H groups in total. The number of aromatic nitrogens is 2. The van der Waals surface area contributed by atoms with Gasteiger partial charge in [-0.25, -0.2) is 0 Å². The van der Waals surface area contributed by atoms with Gasteiger partial charge in [0.15, 0.2) is 11.6 Å². The zero-order chi connectivity index (χ0) is 18.3. The molecule has 2 fully saturated rings. The predicted octanol–water partition coefficient (Wildman–Crippen LogP) is 1.61. The normalized spacial score (nSPS) is 33.0. The first-order valence-corrected chi connectivity index (χ1v) is 8.96. The molecule has 0 aliphatic heterocycles. The minimum Gasteiger partial charge on any atom is -0.328 e. The van der Waals surface area contributed by atoms with Crippen LogP contribution in [-0.2, 0) is 0 Å². The van der Waals surface area contributed by atoms with Crippen molar-refractivity contribution in [1.29, 1.82) is 0 Å². The first kappa shape index (κ1) is 17.0. The molecule has 4 rings (SSSR count). The summed E-state index contributed by atoms with van der Waals surface area (Å²) in [5, 5.41) is 0. The predicted molar refractivity (Wildman–Crippen MR) is 96.3 cm³/mol. The van der Waals surface area contributed by atoms with Crippen LogP contribution in [0.25, 0.3) is 0 Å². The quantitative estimate of drug-likeness (QED) is 0.810.